The Kier molecular flexibility index (Phi) is 4.59. The van der Waals surface area contributed by atoms with Crippen LogP contribution in [0.5, 0.6) is 0 Å². The van der Waals surface area contributed by atoms with E-state index in [4.69, 9.17) is 5.11 Å². The van der Waals surface area contributed by atoms with Gasteiger partial charge in [-0.25, -0.2) is 13.1 Å². The highest BCUT2D eigenvalue weighted by molar-refractivity contribution is 7.89. The van der Waals surface area contributed by atoms with Crippen LogP contribution >= 0.6 is 0 Å². The zero-order valence-corrected chi connectivity index (χ0v) is 12.0. The molecular weight excluding hydrogens is 296 g/mol. The number of carboxylic acid groups (broad SMARTS) is 1. The molecule has 0 spiro atoms. The Bertz CT molecular complexity index is 639. The van der Waals surface area contributed by atoms with Gasteiger partial charge in [-0.3, -0.25) is 9.59 Å². The quantitative estimate of drug-likeness (QED) is 0.677. The van der Waals surface area contributed by atoms with Crippen LogP contribution in [0.1, 0.15) is 18.4 Å². The van der Waals surface area contributed by atoms with Crippen molar-refractivity contribution in [3.05, 3.63) is 29.8 Å². The van der Waals surface area contributed by atoms with Gasteiger partial charge in [0.15, 0.2) is 0 Å². The summed E-state index contributed by atoms with van der Waals surface area (Å²) in [5, 5.41) is 11.3. The fourth-order valence-electron chi connectivity index (χ4n) is 2.09. The second-order valence-electron chi connectivity index (χ2n) is 4.87. The fraction of sp³-hybridized carbons (Fsp3) is 0.385. The molecule has 1 unspecified atom stereocenters. The smallest absolute Gasteiger partial charge is 0.307 e. The molecule has 1 aliphatic rings. The number of nitrogens with one attached hydrogen (secondary N) is 2. The molecule has 1 saturated heterocycles. The van der Waals surface area contributed by atoms with Crippen molar-refractivity contribution in [2.45, 2.75) is 30.2 Å². The van der Waals surface area contributed by atoms with E-state index in [2.05, 4.69) is 10.0 Å². The van der Waals surface area contributed by atoms with Crippen molar-refractivity contribution < 1.29 is 23.1 Å². The molecule has 1 aromatic carbocycles. The van der Waals surface area contributed by atoms with E-state index in [9.17, 15) is 18.0 Å². The Morgan fingerprint density at radius 1 is 1.33 bits per heavy atom. The molecule has 7 nitrogen and oxygen atoms in total. The second kappa shape index (κ2) is 6.23. The van der Waals surface area contributed by atoms with Crippen molar-refractivity contribution in [2.24, 2.45) is 0 Å². The third kappa shape index (κ3) is 4.27. The largest absolute Gasteiger partial charge is 0.481 e. The highest BCUT2D eigenvalue weighted by atomic mass is 32.2. The van der Waals surface area contributed by atoms with E-state index in [0.717, 1.165) is 0 Å². The molecule has 0 radical (unpaired) electrons. The molecule has 1 amide bonds. The maximum absolute atomic E-state index is 12.1. The van der Waals surface area contributed by atoms with Crippen LogP contribution in [-0.4, -0.2) is 38.0 Å². The number of carboxylic acids is 1. The van der Waals surface area contributed by atoms with Crippen molar-refractivity contribution in [2.75, 3.05) is 6.54 Å². The molecule has 114 valence electrons. The van der Waals surface area contributed by atoms with Gasteiger partial charge in [-0.05, 0) is 24.1 Å². The predicted molar refractivity (Wildman–Crippen MR) is 74.1 cm³/mol. The molecule has 0 bridgehead atoms. The summed E-state index contributed by atoms with van der Waals surface area (Å²) in [4.78, 5) is 21.7. The van der Waals surface area contributed by atoms with Crippen molar-refractivity contribution in [3.8, 4) is 0 Å². The normalized spacial score (nSPS) is 18.5. The van der Waals surface area contributed by atoms with Gasteiger partial charge in [0.2, 0.25) is 15.9 Å². The summed E-state index contributed by atoms with van der Waals surface area (Å²) in [5.41, 5.74) is 0.532. The van der Waals surface area contributed by atoms with E-state index in [0.29, 0.717) is 18.4 Å². The third-order valence-corrected chi connectivity index (χ3v) is 4.63. The van der Waals surface area contributed by atoms with E-state index in [-0.39, 0.29) is 29.8 Å². The molecule has 3 N–H and O–H groups in total. The van der Waals surface area contributed by atoms with Crippen LogP contribution in [0.3, 0.4) is 0 Å². The first kappa shape index (κ1) is 15.5. The Morgan fingerprint density at radius 3 is 2.52 bits per heavy atom. The van der Waals surface area contributed by atoms with Gasteiger partial charge in [0.05, 0.1) is 11.3 Å². The second-order valence-corrected chi connectivity index (χ2v) is 6.64. The fourth-order valence-corrected chi connectivity index (χ4v) is 3.17. The first-order valence-electron chi connectivity index (χ1n) is 6.46. The van der Waals surface area contributed by atoms with Crippen LogP contribution in [0.2, 0.25) is 0 Å². The van der Waals surface area contributed by atoms with Crippen molar-refractivity contribution >= 4 is 21.9 Å². The van der Waals surface area contributed by atoms with Crippen LogP contribution in [0, 0.1) is 0 Å². The van der Waals surface area contributed by atoms with E-state index < -0.39 is 16.0 Å². The van der Waals surface area contributed by atoms with E-state index in [1.165, 1.54) is 24.3 Å². The Balaban J connectivity index is 1.98. The third-order valence-electron chi connectivity index (χ3n) is 3.19. The van der Waals surface area contributed by atoms with Crippen molar-refractivity contribution in [3.63, 3.8) is 0 Å². The maximum atomic E-state index is 12.1. The SMILES string of the molecule is O=C(O)Cc1ccc(S(=O)(=O)NCC2CCC(=O)N2)cc1. The Labute approximate surface area is 122 Å². The molecule has 1 heterocycles. The van der Waals surface area contributed by atoms with E-state index in [1.54, 1.807) is 0 Å². The molecule has 8 heteroatoms. The Hall–Kier alpha value is -1.93. The molecule has 0 aromatic heterocycles. The minimum absolute atomic E-state index is 0.0703. The van der Waals surface area contributed by atoms with Gasteiger partial charge < -0.3 is 10.4 Å². The average Bonchev–Trinajstić information content (AvgIpc) is 2.82. The molecule has 21 heavy (non-hydrogen) atoms. The van der Waals surface area contributed by atoms with Crippen LogP contribution in [0.15, 0.2) is 29.2 Å². The number of benzene rings is 1. The van der Waals surface area contributed by atoms with Gasteiger partial charge in [0.1, 0.15) is 0 Å². The number of carbonyl (C=O) groups excluding carboxylic acids is 1. The van der Waals surface area contributed by atoms with Crippen molar-refractivity contribution in [1.82, 2.24) is 10.0 Å². The van der Waals surface area contributed by atoms with Gasteiger partial charge in [0, 0.05) is 19.0 Å². The lowest BCUT2D eigenvalue weighted by molar-refractivity contribution is -0.136. The predicted octanol–water partition coefficient (Wildman–Crippen LogP) is -0.129. The molecule has 0 saturated carbocycles. The number of hydrogen-bond acceptors (Lipinski definition) is 4. The van der Waals surface area contributed by atoms with Crippen LogP contribution in [0.25, 0.3) is 0 Å². The van der Waals surface area contributed by atoms with Crippen molar-refractivity contribution in [1.29, 1.82) is 0 Å². The maximum Gasteiger partial charge on any atom is 0.307 e. The Morgan fingerprint density at radius 2 is 2.00 bits per heavy atom. The minimum Gasteiger partial charge on any atom is -0.481 e. The molecule has 1 fully saturated rings. The number of amides is 1. The molecular formula is C13H16N2O5S. The van der Waals surface area contributed by atoms with E-state index >= 15 is 0 Å². The lowest BCUT2D eigenvalue weighted by atomic mass is 10.2. The van der Waals surface area contributed by atoms with Crippen LogP contribution in [-0.2, 0) is 26.0 Å². The molecule has 1 atom stereocenters. The summed E-state index contributed by atoms with van der Waals surface area (Å²) in [6.07, 6.45) is 0.872. The van der Waals surface area contributed by atoms with Gasteiger partial charge in [-0.15, -0.1) is 0 Å². The summed E-state index contributed by atoms with van der Waals surface area (Å²) < 4.78 is 26.6. The zero-order chi connectivity index (χ0) is 15.5. The number of hydrogen-bond donors (Lipinski definition) is 3. The number of aliphatic carboxylic acids is 1. The first-order chi connectivity index (χ1) is 9.87. The molecule has 2 rings (SSSR count). The summed E-state index contributed by atoms with van der Waals surface area (Å²) in [7, 11) is -3.66. The van der Waals surface area contributed by atoms with Crippen LogP contribution in [0.4, 0.5) is 0 Å². The van der Waals surface area contributed by atoms with Crippen LogP contribution < -0.4 is 10.0 Å². The molecule has 0 aliphatic carbocycles. The highest BCUT2D eigenvalue weighted by Gasteiger charge is 2.23. The summed E-state index contributed by atoms with van der Waals surface area (Å²) in [6.45, 7) is 0.144. The number of carbonyl (C=O) groups is 2. The summed E-state index contributed by atoms with van der Waals surface area (Å²) in [5.74, 6) is -1.04. The summed E-state index contributed by atoms with van der Waals surface area (Å²) >= 11 is 0. The van der Waals surface area contributed by atoms with Gasteiger partial charge in [0.25, 0.3) is 0 Å². The standard InChI is InChI=1S/C13H16N2O5S/c16-12-6-3-10(15-12)8-14-21(19,20)11-4-1-9(2-5-11)7-13(17)18/h1-2,4-5,10,14H,3,6-8H2,(H,15,16)(H,17,18). The van der Waals surface area contributed by atoms with Gasteiger partial charge in [-0.2, -0.15) is 0 Å². The average molecular weight is 312 g/mol. The van der Waals surface area contributed by atoms with Gasteiger partial charge >= 0.3 is 5.97 Å². The van der Waals surface area contributed by atoms with Gasteiger partial charge in [-0.1, -0.05) is 12.1 Å². The molecule has 1 aromatic rings. The first-order valence-corrected chi connectivity index (χ1v) is 7.95. The lowest BCUT2D eigenvalue weighted by Crippen LogP contribution is -2.38. The monoisotopic (exact) mass is 312 g/mol. The number of sulfonamides is 1. The minimum atomic E-state index is -3.66. The molecule has 1 aliphatic heterocycles. The lowest BCUT2D eigenvalue weighted by Gasteiger charge is -2.12. The topological polar surface area (TPSA) is 113 Å². The zero-order valence-electron chi connectivity index (χ0n) is 11.2. The highest BCUT2D eigenvalue weighted by Crippen LogP contribution is 2.12. The van der Waals surface area contributed by atoms with E-state index in [1.807, 2.05) is 0 Å². The summed E-state index contributed by atoms with van der Waals surface area (Å²) in [6, 6.07) is 5.50. The number of rotatable bonds is 6.